The van der Waals surface area contributed by atoms with Gasteiger partial charge in [-0.3, -0.25) is 4.90 Å². The Morgan fingerprint density at radius 2 is 1.73 bits per heavy atom. The van der Waals surface area contributed by atoms with Gasteiger partial charge in [-0.15, -0.1) is 0 Å². The summed E-state index contributed by atoms with van der Waals surface area (Å²) in [6.07, 6.45) is 0. The maximum absolute atomic E-state index is 5.62. The first-order valence-electron chi connectivity index (χ1n) is 8.05. The van der Waals surface area contributed by atoms with E-state index in [2.05, 4.69) is 52.7 Å². The van der Waals surface area contributed by atoms with Gasteiger partial charge in [-0.05, 0) is 17.2 Å². The Morgan fingerprint density at radius 1 is 1.00 bits per heavy atom. The maximum Gasteiger partial charge on any atom is 0.122 e. The van der Waals surface area contributed by atoms with Crippen LogP contribution in [0.2, 0.25) is 0 Å². The summed E-state index contributed by atoms with van der Waals surface area (Å²) in [7, 11) is 1.77. The van der Waals surface area contributed by atoms with Gasteiger partial charge in [0.2, 0.25) is 0 Å². The molecule has 114 valence electrons. The van der Waals surface area contributed by atoms with E-state index in [0.29, 0.717) is 12.0 Å². The Kier molecular flexibility index (Phi) is 3.60. The van der Waals surface area contributed by atoms with E-state index in [1.165, 1.54) is 16.7 Å². The van der Waals surface area contributed by atoms with Crippen LogP contribution in [-0.4, -0.2) is 38.2 Å². The summed E-state index contributed by atoms with van der Waals surface area (Å²) < 4.78 is 5.62. The predicted octanol–water partition coefficient (Wildman–Crippen LogP) is 2.79. The molecule has 2 aromatic rings. The van der Waals surface area contributed by atoms with Gasteiger partial charge >= 0.3 is 0 Å². The molecule has 2 aliphatic rings. The minimum Gasteiger partial charge on any atom is -0.496 e. The van der Waals surface area contributed by atoms with Gasteiger partial charge in [0.15, 0.2) is 0 Å². The van der Waals surface area contributed by atoms with Crippen LogP contribution in [0.25, 0.3) is 0 Å². The molecule has 2 atom stereocenters. The van der Waals surface area contributed by atoms with Crippen LogP contribution in [0.4, 0.5) is 0 Å². The molecule has 1 N–H and O–H groups in total. The van der Waals surface area contributed by atoms with Crippen LogP contribution in [0, 0.1) is 0 Å². The lowest BCUT2D eigenvalue weighted by Crippen LogP contribution is -2.50. The molecular weight excluding hydrogens is 272 g/mol. The zero-order valence-corrected chi connectivity index (χ0v) is 13.0. The average molecular weight is 294 g/mol. The third-order valence-corrected chi connectivity index (χ3v) is 5.02. The number of benzene rings is 2. The fourth-order valence-electron chi connectivity index (χ4n) is 3.96. The number of hydrogen-bond acceptors (Lipinski definition) is 3. The van der Waals surface area contributed by atoms with E-state index >= 15 is 0 Å². The quantitative estimate of drug-likeness (QED) is 0.922. The predicted molar refractivity (Wildman–Crippen MR) is 88.5 cm³/mol. The molecule has 0 bridgehead atoms. The minimum atomic E-state index is 0.390. The Balaban J connectivity index is 1.82. The van der Waals surface area contributed by atoms with Gasteiger partial charge < -0.3 is 10.1 Å². The van der Waals surface area contributed by atoms with Crippen molar-refractivity contribution in [1.82, 2.24) is 10.2 Å². The van der Waals surface area contributed by atoms with Gasteiger partial charge in [-0.2, -0.15) is 0 Å². The number of ether oxygens (including phenoxy) is 1. The van der Waals surface area contributed by atoms with Crippen molar-refractivity contribution in [3.05, 3.63) is 65.2 Å². The van der Waals surface area contributed by atoms with Crippen molar-refractivity contribution in [2.75, 3.05) is 33.3 Å². The highest BCUT2D eigenvalue weighted by Crippen LogP contribution is 2.42. The summed E-state index contributed by atoms with van der Waals surface area (Å²) in [6, 6.07) is 17.9. The van der Waals surface area contributed by atoms with Crippen LogP contribution in [-0.2, 0) is 0 Å². The van der Waals surface area contributed by atoms with E-state index in [-0.39, 0.29) is 0 Å². The number of fused-ring (bicyclic) bond motifs is 3. The van der Waals surface area contributed by atoms with Crippen molar-refractivity contribution in [2.45, 2.75) is 12.0 Å². The maximum atomic E-state index is 5.62. The third kappa shape index (κ3) is 2.21. The van der Waals surface area contributed by atoms with Crippen molar-refractivity contribution in [2.24, 2.45) is 0 Å². The molecular formula is C19H22N2O. The first-order chi connectivity index (χ1) is 10.9. The van der Waals surface area contributed by atoms with Gasteiger partial charge in [0.1, 0.15) is 5.75 Å². The largest absolute Gasteiger partial charge is 0.496 e. The summed E-state index contributed by atoms with van der Waals surface area (Å²) in [5, 5.41) is 3.54. The number of nitrogens with one attached hydrogen (secondary N) is 1. The number of piperazine rings is 1. The van der Waals surface area contributed by atoms with E-state index < -0.39 is 0 Å². The standard InChI is InChI=1S/C19H22N2O/c1-22-19-9-5-4-8-16(19)17-13-21-11-10-20-12-18(21)15-7-3-2-6-14(15)17/h2-9,17-18,20H,10-13H2,1H3. The summed E-state index contributed by atoms with van der Waals surface area (Å²) in [5.41, 5.74) is 4.23. The Labute approximate surface area is 131 Å². The highest BCUT2D eigenvalue weighted by atomic mass is 16.5. The second-order valence-corrected chi connectivity index (χ2v) is 6.14. The molecule has 3 nitrogen and oxygen atoms in total. The van der Waals surface area contributed by atoms with E-state index in [1.807, 2.05) is 6.07 Å². The summed E-state index contributed by atoms with van der Waals surface area (Å²) >= 11 is 0. The van der Waals surface area contributed by atoms with Gasteiger partial charge in [-0.25, -0.2) is 0 Å². The summed E-state index contributed by atoms with van der Waals surface area (Å²) in [6.45, 7) is 4.32. The van der Waals surface area contributed by atoms with E-state index in [1.54, 1.807) is 7.11 Å². The zero-order chi connectivity index (χ0) is 14.9. The van der Waals surface area contributed by atoms with Gasteiger partial charge in [0, 0.05) is 43.7 Å². The molecule has 1 saturated heterocycles. The molecule has 2 aromatic carbocycles. The monoisotopic (exact) mass is 294 g/mol. The SMILES string of the molecule is COc1ccccc1C1CN2CCNCC2c2ccccc21. The van der Waals surface area contributed by atoms with Gasteiger partial charge in [0.25, 0.3) is 0 Å². The smallest absolute Gasteiger partial charge is 0.122 e. The first-order valence-corrected chi connectivity index (χ1v) is 8.05. The average Bonchev–Trinajstić information content (AvgIpc) is 2.61. The second kappa shape index (κ2) is 5.75. The molecule has 0 saturated carbocycles. The zero-order valence-electron chi connectivity index (χ0n) is 13.0. The molecule has 2 heterocycles. The molecule has 0 aliphatic carbocycles. The van der Waals surface area contributed by atoms with Crippen LogP contribution in [0.5, 0.6) is 5.75 Å². The third-order valence-electron chi connectivity index (χ3n) is 5.02. The summed E-state index contributed by atoms with van der Waals surface area (Å²) in [4.78, 5) is 2.62. The van der Waals surface area contributed by atoms with Crippen molar-refractivity contribution in [1.29, 1.82) is 0 Å². The lowest BCUT2D eigenvalue weighted by atomic mass is 9.80. The van der Waals surface area contributed by atoms with E-state index in [4.69, 9.17) is 4.74 Å². The lowest BCUT2D eigenvalue weighted by Gasteiger charge is -2.44. The minimum absolute atomic E-state index is 0.390. The Hall–Kier alpha value is -1.84. The number of rotatable bonds is 2. The van der Waals surface area contributed by atoms with Crippen molar-refractivity contribution in [3.63, 3.8) is 0 Å². The van der Waals surface area contributed by atoms with Gasteiger partial charge in [-0.1, -0.05) is 42.5 Å². The molecule has 0 radical (unpaired) electrons. The Morgan fingerprint density at radius 3 is 2.55 bits per heavy atom. The number of hydrogen-bond donors (Lipinski definition) is 1. The van der Waals surface area contributed by atoms with Crippen LogP contribution < -0.4 is 10.1 Å². The normalized spacial score (nSPS) is 24.4. The van der Waals surface area contributed by atoms with Crippen molar-refractivity contribution < 1.29 is 4.74 Å². The second-order valence-electron chi connectivity index (χ2n) is 6.14. The fourth-order valence-corrected chi connectivity index (χ4v) is 3.96. The van der Waals surface area contributed by atoms with Gasteiger partial charge in [0.05, 0.1) is 7.11 Å². The van der Waals surface area contributed by atoms with E-state index in [9.17, 15) is 0 Å². The number of nitrogens with zero attached hydrogens (tertiary/aromatic N) is 1. The van der Waals surface area contributed by atoms with Crippen LogP contribution in [0.3, 0.4) is 0 Å². The fraction of sp³-hybridized carbons (Fsp3) is 0.368. The summed E-state index contributed by atoms with van der Waals surface area (Å²) in [5.74, 6) is 1.39. The molecule has 4 rings (SSSR count). The van der Waals surface area contributed by atoms with E-state index in [0.717, 1.165) is 31.9 Å². The molecule has 0 amide bonds. The topological polar surface area (TPSA) is 24.5 Å². The Bertz CT molecular complexity index is 670. The molecule has 22 heavy (non-hydrogen) atoms. The molecule has 1 fully saturated rings. The molecule has 2 unspecified atom stereocenters. The van der Waals surface area contributed by atoms with Crippen LogP contribution >= 0.6 is 0 Å². The first kappa shape index (κ1) is 13.8. The lowest BCUT2D eigenvalue weighted by molar-refractivity contribution is 0.142. The highest BCUT2D eigenvalue weighted by molar-refractivity contribution is 5.47. The van der Waals surface area contributed by atoms with Crippen LogP contribution in [0.15, 0.2) is 48.5 Å². The number of methoxy groups -OCH3 is 1. The highest BCUT2D eigenvalue weighted by Gasteiger charge is 2.35. The molecule has 0 aromatic heterocycles. The molecule has 0 spiro atoms. The van der Waals surface area contributed by atoms with Crippen LogP contribution in [0.1, 0.15) is 28.7 Å². The molecule has 3 heteroatoms. The van der Waals surface area contributed by atoms with Crippen molar-refractivity contribution in [3.8, 4) is 5.75 Å². The molecule has 2 aliphatic heterocycles. The van der Waals surface area contributed by atoms with Crippen molar-refractivity contribution >= 4 is 0 Å². The number of para-hydroxylation sites is 1.